The molecule has 0 saturated carbocycles. The standard InChI is InChI=1S/C17H27N3O/c1-3-17(21)15-7-6-14(11-18-15)20-10-8-16-13(12-20)5-4-9-19(16)2/h6-7,11,13,16-17,21H,3-5,8-10,12H2,1-2H3/t13?,16?,17-/m1/s1. The van der Waals surface area contributed by atoms with Crippen molar-refractivity contribution in [2.75, 3.05) is 31.6 Å². The van der Waals surface area contributed by atoms with Crippen molar-refractivity contribution in [1.82, 2.24) is 9.88 Å². The van der Waals surface area contributed by atoms with Crippen molar-refractivity contribution in [3.8, 4) is 0 Å². The Labute approximate surface area is 127 Å². The van der Waals surface area contributed by atoms with Crippen LogP contribution in [0.1, 0.15) is 44.4 Å². The Balaban J connectivity index is 1.68. The van der Waals surface area contributed by atoms with Gasteiger partial charge in [0, 0.05) is 19.1 Å². The van der Waals surface area contributed by atoms with E-state index in [1.807, 2.05) is 19.2 Å². The summed E-state index contributed by atoms with van der Waals surface area (Å²) in [4.78, 5) is 9.46. The van der Waals surface area contributed by atoms with Gasteiger partial charge in [0.15, 0.2) is 0 Å². The molecule has 4 heteroatoms. The molecule has 0 spiro atoms. The van der Waals surface area contributed by atoms with Crippen molar-refractivity contribution in [2.45, 2.75) is 44.8 Å². The summed E-state index contributed by atoms with van der Waals surface area (Å²) in [5, 5.41) is 9.83. The summed E-state index contributed by atoms with van der Waals surface area (Å²) in [6, 6.07) is 4.86. The molecule has 4 nitrogen and oxygen atoms in total. The molecule has 0 amide bonds. The Morgan fingerprint density at radius 3 is 2.90 bits per heavy atom. The van der Waals surface area contributed by atoms with E-state index in [4.69, 9.17) is 0 Å². The van der Waals surface area contributed by atoms with E-state index in [0.29, 0.717) is 6.42 Å². The van der Waals surface area contributed by atoms with E-state index in [9.17, 15) is 5.11 Å². The minimum atomic E-state index is -0.434. The molecular weight excluding hydrogens is 262 g/mol. The van der Waals surface area contributed by atoms with Crippen molar-refractivity contribution in [1.29, 1.82) is 0 Å². The summed E-state index contributed by atoms with van der Waals surface area (Å²) in [5.41, 5.74) is 1.99. The summed E-state index contributed by atoms with van der Waals surface area (Å²) in [5.74, 6) is 0.790. The number of anilines is 1. The van der Waals surface area contributed by atoms with Gasteiger partial charge < -0.3 is 14.9 Å². The number of aliphatic hydroxyl groups excluding tert-OH is 1. The average molecular weight is 289 g/mol. The van der Waals surface area contributed by atoms with E-state index >= 15 is 0 Å². The molecule has 0 aliphatic carbocycles. The Kier molecular flexibility index (Phi) is 4.45. The number of aliphatic hydroxyl groups is 1. The highest BCUT2D eigenvalue weighted by molar-refractivity contribution is 5.45. The van der Waals surface area contributed by atoms with Crippen LogP contribution in [0.25, 0.3) is 0 Å². The second-order valence-corrected chi connectivity index (χ2v) is 6.55. The van der Waals surface area contributed by atoms with Crippen LogP contribution < -0.4 is 4.90 Å². The van der Waals surface area contributed by atoms with Crippen LogP contribution in [0.15, 0.2) is 18.3 Å². The van der Waals surface area contributed by atoms with Gasteiger partial charge in [0.25, 0.3) is 0 Å². The maximum absolute atomic E-state index is 9.83. The monoisotopic (exact) mass is 289 g/mol. The van der Waals surface area contributed by atoms with Crippen LogP contribution in [0.4, 0.5) is 5.69 Å². The van der Waals surface area contributed by atoms with Gasteiger partial charge in [-0.15, -0.1) is 0 Å². The lowest BCUT2D eigenvalue weighted by Gasteiger charge is -2.46. The second-order valence-electron chi connectivity index (χ2n) is 6.55. The van der Waals surface area contributed by atoms with Crippen molar-refractivity contribution in [2.24, 2.45) is 5.92 Å². The summed E-state index contributed by atoms with van der Waals surface area (Å²) in [7, 11) is 2.27. The number of likely N-dealkylation sites (tertiary alicyclic amines) is 1. The first-order valence-corrected chi connectivity index (χ1v) is 8.28. The highest BCUT2D eigenvalue weighted by Crippen LogP contribution is 2.32. The molecule has 1 aromatic rings. The lowest BCUT2D eigenvalue weighted by Crippen LogP contribution is -2.52. The van der Waals surface area contributed by atoms with Gasteiger partial charge in [0.2, 0.25) is 0 Å². The first kappa shape index (κ1) is 14.8. The summed E-state index contributed by atoms with van der Waals surface area (Å²) < 4.78 is 0. The number of piperidine rings is 2. The van der Waals surface area contributed by atoms with Gasteiger partial charge in [0.05, 0.1) is 23.7 Å². The Hall–Kier alpha value is -1.13. The van der Waals surface area contributed by atoms with E-state index in [1.165, 1.54) is 31.5 Å². The smallest absolute Gasteiger partial charge is 0.0957 e. The topological polar surface area (TPSA) is 39.6 Å². The van der Waals surface area contributed by atoms with Crippen LogP contribution in [-0.2, 0) is 0 Å². The summed E-state index contributed by atoms with van der Waals surface area (Å²) >= 11 is 0. The van der Waals surface area contributed by atoms with Crippen LogP contribution in [0, 0.1) is 5.92 Å². The van der Waals surface area contributed by atoms with Crippen LogP contribution in [-0.4, -0.2) is 47.7 Å². The van der Waals surface area contributed by atoms with Gasteiger partial charge >= 0.3 is 0 Å². The molecule has 2 saturated heterocycles. The highest BCUT2D eigenvalue weighted by atomic mass is 16.3. The van der Waals surface area contributed by atoms with E-state index in [1.54, 1.807) is 0 Å². The molecule has 3 atom stereocenters. The van der Waals surface area contributed by atoms with Crippen LogP contribution in [0.3, 0.4) is 0 Å². The van der Waals surface area contributed by atoms with Gasteiger partial charge in [-0.1, -0.05) is 6.92 Å². The van der Waals surface area contributed by atoms with Gasteiger partial charge in [-0.3, -0.25) is 4.98 Å². The zero-order valence-electron chi connectivity index (χ0n) is 13.2. The van der Waals surface area contributed by atoms with E-state index < -0.39 is 6.10 Å². The number of rotatable bonds is 3. The Bertz CT molecular complexity index is 462. The SMILES string of the molecule is CC[C@@H](O)c1ccc(N2CCC3C(CCCN3C)C2)cn1. The highest BCUT2D eigenvalue weighted by Gasteiger charge is 2.34. The van der Waals surface area contributed by atoms with Gasteiger partial charge in [-0.25, -0.2) is 0 Å². The zero-order chi connectivity index (χ0) is 14.8. The predicted octanol–water partition coefficient (Wildman–Crippen LogP) is 2.45. The fourth-order valence-corrected chi connectivity index (χ4v) is 3.88. The Morgan fingerprint density at radius 1 is 1.33 bits per heavy atom. The number of nitrogens with zero attached hydrogens (tertiary/aromatic N) is 3. The van der Waals surface area contributed by atoms with E-state index in [0.717, 1.165) is 30.7 Å². The lowest BCUT2D eigenvalue weighted by molar-refractivity contribution is 0.102. The first-order chi connectivity index (χ1) is 10.2. The van der Waals surface area contributed by atoms with Crippen molar-refractivity contribution in [3.05, 3.63) is 24.0 Å². The molecule has 2 fully saturated rings. The third-order valence-electron chi connectivity index (χ3n) is 5.21. The first-order valence-electron chi connectivity index (χ1n) is 8.28. The van der Waals surface area contributed by atoms with Crippen molar-refractivity contribution < 1.29 is 5.11 Å². The van der Waals surface area contributed by atoms with Gasteiger partial charge in [-0.05, 0) is 57.3 Å². The molecule has 0 aromatic carbocycles. The number of fused-ring (bicyclic) bond motifs is 1. The number of hydrogen-bond donors (Lipinski definition) is 1. The third kappa shape index (κ3) is 3.06. The molecule has 116 valence electrons. The van der Waals surface area contributed by atoms with E-state index in [-0.39, 0.29) is 0 Å². The normalized spacial score (nSPS) is 28.2. The van der Waals surface area contributed by atoms with Gasteiger partial charge in [0.1, 0.15) is 0 Å². The summed E-state index contributed by atoms with van der Waals surface area (Å²) in [6.45, 7) is 5.49. The quantitative estimate of drug-likeness (QED) is 0.928. The van der Waals surface area contributed by atoms with Crippen LogP contribution >= 0.6 is 0 Å². The van der Waals surface area contributed by atoms with Crippen molar-refractivity contribution in [3.63, 3.8) is 0 Å². The molecule has 3 rings (SSSR count). The fraction of sp³-hybridized carbons (Fsp3) is 0.706. The molecule has 2 unspecified atom stereocenters. The second kappa shape index (κ2) is 6.32. The molecule has 1 aromatic heterocycles. The molecule has 3 heterocycles. The molecule has 2 aliphatic heterocycles. The fourth-order valence-electron chi connectivity index (χ4n) is 3.88. The van der Waals surface area contributed by atoms with Gasteiger partial charge in [-0.2, -0.15) is 0 Å². The molecule has 1 N–H and O–H groups in total. The number of aromatic nitrogens is 1. The maximum atomic E-state index is 9.83. The Morgan fingerprint density at radius 2 is 2.19 bits per heavy atom. The molecule has 21 heavy (non-hydrogen) atoms. The summed E-state index contributed by atoms with van der Waals surface area (Å²) in [6.07, 6.45) is 6.14. The third-order valence-corrected chi connectivity index (χ3v) is 5.21. The van der Waals surface area contributed by atoms with Crippen LogP contribution in [0.5, 0.6) is 0 Å². The molecule has 0 bridgehead atoms. The maximum Gasteiger partial charge on any atom is 0.0957 e. The molecular formula is C17H27N3O. The zero-order valence-corrected chi connectivity index (χ0v) is 13.2. The number of hydrogen-bond acceptors (Lipinski definition) is 4. The number of pyridine rings is 1. The van der Waals surface area contributed by atoms with Crippen molar-refractivity contribution >= 4 is 5.69 Å². The van der Waals surface area contributed by atoms with Crippen LogP contribution in [0.2, 0.25) is 0 Å². The minimum absolute atomic E-state index is 0.434. The molecule has 0 radical (unpaired) electrons. The average Bonchev–Trinajstić information content (AvgIpc) is 2.54. The van der Waals surface area contributed by atoms with E-state index in [2.05, 4.69) is 27.9 Å². The lowest BCUT2D eigenvalue weighted by atomic mass is 9.84. The predicted molar refractivity (Wildman–Crippen MR) is 85.5 cm³/mol. The minimum Gasteiger partial charge on any atom is -0.387 e. The largest absolute Gasteiger partial charge is 0.387 e. The molecule has 2 aliphatic rings.